The quantitative estimate of drug-likeness (QED) is 0.293. The summed E-state index contributed by atoms with van der Waals surface area (Å²) in [7, 11) is -4.10. The molecule has 3 aromatic rings. The molecule has 0 aromatic heterocycles. The molecule has 8 heteroatoms. The van der Waals surface area contributed by atoms with E-state index < -0.39 is 28.5 Å². The zero-order valence-electron chi connectivity index (χ0n) is 25.3. The van der Waals surface area contributed by atoms with E-state index in [1.165, 1.54) is 9.21 Å². The summed E-state index contributed by atoms with van der Waals surface area (Å²) in [5, 5.41) is 3.01. The molecule has 0 saturated carbocycles. The van der Waals surface area contributed by atoms with Gasteiger partial charge in [0.15, 0.2) is 0 Å². The number of benzene rings is 3. The van der Waals surface area contributed by atoms with Crippen molar-refractivity contribution in [1.29, 1.82) is 0 Å². The number of hydrogen-bond donors (Lipinski definition) is 1. The van der Waals surface area contributed by atoms with Gasteiger partial charge in [0.2, 0.25) is 11.8 Å². The van der Waals surface area contributed by atoms with Crippen LogP contribution in [0, 0.1) is 27.7 Å². The van der Waals surface area contributed by atoms with Crippen LogP contribution < -0.4 is 9.62 Å². The van der Waals surface area contributed by atoms with Gasteiger partial charge in [-0.05, 0) is 88.4 Å². The van der Waals surface area contributed by atoms with Crippen LogP contribution in [0.2, 0.25) is 0 Å². The average Bonchev–Trinajstić information content (AvgIpc) is 2.91. The summed E-state index contributed by atoms with van der Waals surface area (Å²) in [6.45, 7) is 13.2. The molecule has 3 aromatic carbocycles. The van der Waals surface area contributed by atoms with Crippen molar-refractivity contribution in [3.63, 3.8) is 0 Å². The van der Waals surface area contributed by atoms with Gasteiger partial charge in [0.25, 0.3) is 10.0 Å². The molecule has 1 N–H and O–H groups in total. The average molecular weight is 578 g/mol. The molecule has 0 aliphatic carbocycles. The molecule has 220 valence electrons. The predicted octanol–water partition coefficient (Wildman–Crippen LogP) is 5.84. The fourth-order valence-corrected chi connectivity index (χ4v) is 6.23. The number of aryl methyl sites for hydroxylation is 4. The molecule has 0 heterocycles. The van der Waals surface area contributed by atoms with Crippen LogP contribution in [0.1, 0.15) is 61.4 Å². The molecule has 0 saturated heterocycles. The maximum absolute atomic E-state index is 14.2. The first-order chi connectivity index (χ1) is 19.3. The number of nitrogens with one attached hydrogen (secondary N) is 1. The Balaban J connectivity index is 2.09. The summed E-state index contributed by atoms with van der Waals surface area (Å²) in [5.41, 5.74) is 5.00. The van der Waals surface area contributed by atoms with Crippen LogP contribution in [0.3, 0.4) is 0 Å². The van der Waals surface area contributed by atoms with Crippen LogP contribution in [0.4, 0.5) is 5.69 Å². The third kappa shape index (κ3) is 8.19. The Labute approximate surface area is 245 Å². The lowest BCUT2D eigenvalue weighted by atomic mass is 10.1. The minimum absolute atomic E-state index is 0.0545. The number of sulfonamides is 1. The first-order valence-corrected chi connectivity index (χ1v) is 15.6. The second kappa shape index (κ2) is 13.8. The molecule has 41 heavy (non-hydrogen) atoms. The van der Waals surface area contributed by atoms with Gasteiger partial charge in [0.1, 0.15) is 12.6 Å². The Hall–Kier alpha value is -3.65. The maximum atomic E-state index is 14.2. The van der Waals surface area contributed by atoms with E-state index in [-0.39, 0.29) is 23.4 Å². The number of carbonyl (C=O) groups excluding carboxylic acids is 2. The summed E-state index contributed by atoms with van der Waals surface area (Å²) in [6, 6.07) is 19.0. The fraction of sp³-hybridized carbons (Fsp3) is 0.394. The first kappa shape index (κ1) is 31.9. The van der Waals surface area contributed by atoms with Crippen LogP contribution in [-0.4, -0.2) is 43.8 Å². The number of anilines is 1. The molecule has 0 aliphatic rings. The first-order valence-electron chi connectivity index (χ1n) is 14.2. The van der Waals surface area contributed by atoms with E-state index in [0.29, 0.717) is 12.1 Å². The Morgan fingerprint density at radius 3 is 2.00 bits per heavy atom. The molecule has 7 nitrogen and oxygen atoms in total. The van der Waals surface area contributed by atoms with E-state index >= 15 is 0 Å². The molecule has 0 aliphatic heterocycles. The highest BCUT2D eigenvalue weighted by Gasteiger charge is 2.34. The lowest BCUT2D eigenvalue weighted by Crippen LogP contribution is -2.53. The van der Waals surface area contributed by atoms with E-state index in [0.717, 1.165) is 34.2 Å². The zero-order valence-corrected chi connectivity index (χ0v) is 26.1. The highest BCUT2D eigenvalue weighted by molar-refractivity contribution is 7.92. The molecule has 0 fully saturated rings. The van der Waals surface area contributed by atoms with Gasteiger partial charge in [-0.1, -0.05) is 67.4 Å². The smallest absolute Gasteiger partial charge is 0.264 e. The van der Waals surface area contributed by atoms with E-state index in [1.54, 1.807) is 36.4 Å². The Bertz CT molecular complexity index is 1450. The van der Waals surface area contributed by atoms with Crippen LogP contribution in [0.25, 0.3) is 0 Å². The molecule has 0 radical (unpaired) electrons. The van der Waals surface area contributed by atoms with Crippen LogP contribution in [0.5, 0.6) is 0 Å². The molecular formula is C33H43N3O4S. The number of hydrogen-bond acceptors (Lipinski definition) is 4. The normalized spacial score (nSPS) is 12.9. The van der Waals surface area contributed by atoms with E-state index in [4.69, 9.17) is 0 Å². The second-order valence-electron chi connectivity index (χ2n) is 10.9. The molecule has 0 spiro atoms. The molecule has 0 unspecified atom stereocenters. The van der Waals surface area contributed by atoms with Gasteiger partial charge in [-0.15, -0.1) is 0 Å². The van der Waals surface area contributed by atoms with Crippen LogP contribution in [0.15, 0.2) is 71.6 Å². The standard InChI is InChI=1S/C33H43N3O4S/c1-8-27(7)34-33(38)31(9-2)35(21-28-12-10-11-24(4)18-28)32(37)22-36(29-19-25(5)17-26(6)20-29)41(39,40)30-15-13-23(3)14-16-30/h10-20,27,31H,8-9,21-22H2,1-7H3,(H,34,38)/t27-,31-/m1/s1. The molecule has 2 atom stereocenters. The zero-order chi connectivity index (χ0) is 30.3. The Morgan fingerprint density at radius 1 is 0.805 bits per heavy atom. The van der Waals surface area contributed by atoms with Crippen LogP contribution in [-0.2, 0) is 26.2 Å². The SMILES string of the molecule is CC[C@@H](C)NC(=O)[C@@H](CC)N(Cc1cccc(C)c1)C(=O)CN(c1cc(C)cc(C)c1)S(=O)(=O)c1ccc(C)cc1. The minimum Gasteiger partial charge on any atom is -0.352 e. The predicted molar refractivity (Wildman–Crippen MR) is 165 cm³/mol. The van der Waals surface area contributed by atoms with Crippen molar-refractivity contribution < 1.29 is 18.0 Å². The van der Waals surface area contributed by atoms with Crippen molar-refractivity contribution in [3.8, 4) is 0 Å². The van der Waals surface area contributed by atoms with E-state index in [2.05, 4.69) is 5.32 Å². The van der Waals surface area contributed by atoms with E-state index in [1.807, 2.05) is 78.8 Å². The molecule has 2 amide bonds. The fourth-order valence-electron chi connectivity index (χ4n) is 4.83. The van der Waals surface area contributed by atoms with Gasteiger partial charge in [-0.25, -0.2) is 8.42 Å². The van der Waals surface area contributed by atoms with Crippen molar-refractivity contribution in [2.24, 2.45) is 0 Å². The topological polar surface area (TPSA) is 86.8 Å². The van der Waals surface area contributed by atoms with E-state index in [9.17, 15) is 18.0 Å². The molecular weight excluding hydrogens is 534 g/mol. The van der Waals surface area contributed by atoms with Gasteiger partial charge in [0.05, 0.1) is 10.6 Å². The Kier molecular flexibility index (Phi) is 10.7. The monoisotopic (exact) mass is 577 g/mol. The highest BCUT2D eigenvalue weighted by atomic mass is 32.2. The van der Waals surface area contributed by atoms with Gasteiger partial charge < -0.3 is 10.2 Å². The van der Waals surface area contributed by atoms with Crippen molar-refractivity contribution in [3.05, 3.63) is 94.5 Å². The summed E-state index contributed by atoms with van der Waals surface area (Å²) in [6.07, 6.45) is 1.14. The third-order valence-electron chi connectivity index (χ3n) is 7.20. The number of amides is 2. The third-order valence-corrected chi connectivity index (χ3v) is 8.99. The summed E-state index contributed by atoms with van der Waals surface area (Å²) >= 11 is 0. The van der Waals surface area contributed by atoms with Gasteiger partial charge >= 0.3 is 0 Å². The van der Waals surface area contributed by atoms with Gasteiger partial charge in [0, 0.05) is 12.6 Å². The number of rotatable bonds is 12. The van der Waals surface area contributed by atoms with Crippen LogP contribution >= 0.6 is 0 Å². The summed E-state index contributed by atoms with van der Waals surface area (Å²) < 4.78 is 29.3. The Morgan fingerprint density at radius 2 is 1.44 bits per heavy atom. The van der Waals surface area contributed by atoms with Crippen molar-refractivity contribution in [2.75, 3.05) is 10.8 Å². The highest BCUT2D eigenvalue weighted by Crippen LogP contribution is 2.27. The number of nitrogens with zero attached hydrogens (tertiary/aromatic N) is 2. The lowest BCUT2D eigenvalue weighted by Gasteiger charge is -2.34. The minimum atomic E-state index is -4.10. The molecule has 0 bridgehead atoms. The maximum Gasteiger partial charge on any atom is 0.264 e. The van der Waals surface area contributed by atoms with Gasteiger partial charge in [-0.3, -0.25) is 13.9 Å². The summed E-state index contributed by atoms with van der Waals surface area (Å²) in [5.74, 6) is -0.699. The lowest BCUT2D eigenvalue weighted by molar-refractivity contribution is -0.140. The van der Waals surface area contributed by atoms with Gasteiger partial charge in [-0.2, -0.15) is 0 Å². The van der Waals surface area contributed by atoms with Crippen molar-refractivity contribution in [1.82, 2.24) is 10.2 Å². The number of carbonyl (C=O) groups is 2. The molecule has 3 rings (SSSR count). The van der Waals surface area contributed by atoms with Crippen molar-refractivity contribution >= 4 is 27.5 Å². The summed E-state index contributed by atoms with van der Waals surface area (Å²) in [4.78, 5) is 29.2. The largest absolute Gasteiger partial charge is 0.352 e. The second-order valence-corrected chi connectivity index (χ2v) is 12.8. The van der Waals surface area contributed by atoms with Crippen molar-refractivity contribution in [2.45, 2.75) is 84.8 Å².